The van der Waals surface area contributed by atoms with E-state index in [4.69, 9.17) is 0 Å². The Morgan fingerprint density at radius 3 is 1.32 bits per heavy atom. The quantitative estimate of drug-likeness (QED) is 0.151. The Morgan fingerprint density at radius 2 is 0.964 bits per heavy atom. The fourth-order valence-electron chi connectivity index (χ4n) is 2.74. The van der Waals surface area contributed by atoms with Crippen molar-refractivity contribution in [3.8, 4) is 0 Å². The zero-order valence-corrected chi connectivity index (χ0v) is 16.4. The molecule has 1 saturated heterocycles. The summed E-state index contributed by atoms with van der Waals surface area (Å²) in [4.78, 5) is 63.3. The number of ether oxygens (including phenoxy) is 4. The Bertz CT molecular complexity index is 706. The summed E-state index contributed by atoms with van der Waals surface area (Å²) < 4.78 is 18.4. The van der Waals surface area contributed by atoms with E-state index in [-0.39, 0.29) is 5.57 Å². The smallest absolute Gasteiger partial charge is 0.346 e. The first kappa shape index (κ1) is 22.9. The maximum Gasteiger partial charge on any atom is 0.346 e. The molecule has 10 heteroatoms. The van der Waals surface area contributed by atoms with Crippen LogP contribution in [0.4, 0.5) is 0 Å². The first-order valence-electron chi connectivity index (χ1n) is 8.33. The molecule has 1 rings (SSSR count). The van der Waals surface area contributed by atoms with E-state index >= 15 is 0 Å². The molecule has 0 N–H and O–H groups in total. The van der Waals surface area contributed by atoms with Gasteiger partial charge in [-0.15, -0.1) is 0 Å². The van der Waals surface area contributed by atoms with E-state index in [1.165, 1.54) is 11.8 Å². The molecule has 0 radical (unpaired) electrons. The molecule has 0 unspecified atom stereocenters. The number of carbonyl (C=O) groups excluding carboxylic acids is 5. The summed E-state index contributed by atoms with van der Waals surface area (Å²) in [6.07, 6.45) is 1.46. The largest absolute Gasteiger partial charge is 0.465 e. The van der Waals surface area contributed by atoms with Crippen molar-refractivity contribution in [2.75, 3.05) is 41.5 Å². The molecule has 0 bridgehead atoms. The van der Waals surface area contributed by atoms with Crippen LogP contribution in [0.3, 0.4) is 0 Å². The molecule has 0 aromatic heterocycles. The molecule has 0 spiro atoms. The van der Waals surface area contributed by atoms with Crippen LogP contribution in [0.1, 0.15) is 19.8 Å². The molecular weight excluding hydrogens is 374 g/mol. The number of carbonyl (C=O) groups is 5. The van der Waals surface area contributed by atoms with Gasteiger partial charge in [-0.1, -0.05) is 0 Å². The summed E-state index contributed by atoms with van der Waals surface area (Å²) >= 11 is 0. The summed E-state index contributed by atoms with van der Waals surface area (Å²) in [6.45, 7) is 2.01. The molecule has 1 fully saturated rings. The Hall–Kier alpha value is -3.17. The number of esters is 4. The van der Waals surface area contributed by atoms with Crippen molar-refractivity contribution in [2.45, 2.75) is 19.8 Å². The second kappa shape index (κ2) is 10.2. The zero-order chi connectivity index (χ0) is 21.4. The summed E-state index contributed by atoms with van der Waals surface area (Å²) in [6, 6.07) is 0. The maximum atomic E-state index is 13.1. The van der Waals surface area contributed by atoms with Gasteiger partial charge in [0.15, 0.2) is 5.57 Å². The number of amides is 1. The fourth-order valence-corrected chi connectivity index (χ4v) is 2.74. The molecule has 0 aliphatic carbocycles. The second-order valence-electron chi connectivity index (χ2n) is 5.72. The zero-order valence-electron chi connectivity index (χ0n) is 16.4. The van der Waals surface area contributed by atoms with Crippen LogP contribution < -0.4 is 0 Å². The van der Waals surface area contributed by atoms with Gasteiger partial charge in [0.25, 0.3) is 5.91 Å². The van der Waals surface area contributed by atoms with Gasteiger partial charge in [0.2, 0.25) is 0 Å². The van der Waals surface area contributed by atoms with Gasteiger partial charge in [-0.05, 0) is 25.3 Å². The van der Waals surface area contributed by atoms with Crippen LogP contribution in [0, 0.1) is 0 Å². The van der Waals surface area contributed by atoms with Crippen LogP contribution >= 0.6 is 0 Å². The number of nitrogens with zero attached hydrogens (tertiary/aromatic N) is 1. The normalized spacial score (nSPS) is 12.5. The number of hydrogen-bond donors (Lipinski definition) is 0. The van der Waals surface area contributed by atoms with Gasteiger partial charge in [0, 0.05) is 13.1 Å². The molecular formula is C18H23NO9. The minimum atomic E-state index is -1.15. The number of rotatable bonds is 6. The van der Waals surface area contributed by atoms with E-state index in [1.54, 1.807) is 0 Å². The van der Waals surface area contributed by atoms with Crippen molar-refractivity contribution >= 4 is 29.8 Å². The first-order chi connectivity index (χ1) is 13.2. The lowest BCUT2D eigenvalue weighted by atomic mass is 9.94. The van der Waals surface area contributed by atoms with Gasteiger partial charge in [0.05, 0.1) is 34.0 Å². The average Bonchev–Trinajstić information content (AvgIpc) is 3.24. The van der Waals surface area contributed by atoms with Crippen molar-refractivity contribution < 1.29 is 42.9 Å². The van der Waals surface area contributed by atoms with Crippen molar-refractivity contribution in [1.82, 2.24) is 4.90 Å². The highest BCUT2D eigenvalue weighted by Crippen LogP contribution is 2.26. The molecule has 10 nitrogen and oxygen atoms in total. The van der Waals surface area contributed by atoms with Crippen molar-refractivity contribution in [1.29, 1.82) is 0 Å². The van der Waals surface area contributed by atoms with Crippen molar-refractivity contribution in [3.63, 3.8) is 0 Å². The lowest BCUT2D eigenvalue weighted by Crippen LogP contribution is -2.34. The van der Waals surface area contributed by atoms with Gasteiger partial charge < -0.3 is 23.8 Å². The Balaban J connectivity index is 3.89. The minimum absolute atomic E-state index is 0.263. The van der Waals surface area contributed by atoms with E-state index in [2.05, 4.69) is 18.9 Å². The molecule has 0 saturated carbocycles. The lowest BCUT2D eigenvalue weighted by molar-refractivity contribution is -0.146. The first-order valence-corrected chi connectivity index (χ1v) is 8.33. The number of hydrogen-bond acceptors (Lipinski definition) is 9. The fraction of sp³-hybridized carbons (Fsp3) is 0.500. The third-order valence-electron chi connectivity index (χ3n) is 4.17. The van der Waals surface area contributed by atoms with E-state index < -0.39 is 46.5 Å². The van der Waals surface area contributed by atoms with Gasteiger partial charge >= 0.3 is 23.9 Å². The predicted molar refractivity (Wildman–Crippen MR) is 93.6 cm³/mol. The standard InChI is InChI=1S/C18H23NO9/c1-10(12(15(21)25-2)16(22)26-3)11(14(20)19-8-6-7-9-19)13(17(23)27-4)18(24)28-5/h6-9H2,1-5H3. The SMILES string of the molecule is COC(=O)C(C(=O)OC)=C(C)C(C(=O)N1CCCC1)=C(C(=O)OC)C(=O)OC. The van der Waals surface area contributed by atoms with E-state index in [9.17, 15) is 24.0 Å². The highest BCUT2D eigenvalue weighted by Gasteiger charge is 2.36. The van der Waals surface area contributed by atoms with Crippen LogP contribution in [-0.4, -0.2) is 76.2 Å². The van der Waals surface area contributed by atoms with Gasteiger partial charge in [0.1, 0.15) is 5.57 Å². The Labute approximate surface area is 162 Å². The van der Waals surface area contributed by atoms with E-state index in [0.717, 1.165) is 41.3 Å². The summed E-state index contributed by atoms with van der Waals surface area (Å²) in [5.74, 6) is -5.20. The van der Waals surface area contributed by atoms with E-state index in [0.29, 0.717) is 13.1 Å². The Morgan fingerprint density at radius 1 is 0.607 bits per heavy atom. The molecule has 1 aliphatic rings. The number of methoxy groups -OCH3 is 4. The average molecular weight is 397 g/mol. The number of likely N-dealkylation sites (tertiary alicyclic amines) is 1. The molecule has 1 heterocycles. The van der Waals surface area contributed by atoms with Gasteiger partial charge in [-0.2, -0.15) is 0 Å². The molecule has 1 aliphatic heterocycles. The minimum Gasteiger partial charge on any atom is -0.465 e. The molecule has 0 atom stereocenters. The van der Waals surface area contributed by atoms with Crippen molar-refractivity contribution in [2.24, 2.45) is 0 Å². The van der Waals surface area contributed by atoms with Crippen LogP contribution in [0.5, 0.6) is 0 Å². The lowest BCUT2D eigenvalue weighted by Gasteiger charge is -2.21. The summed E-state index contributed by atoms with van der Waals surface area (Å²) in [5, 5.41) is 0. The van der Waals surface area contributed by atoms with Crippen LogP contribution in [0.2, 0.25) is 0 Å². The Kier molecular flexibility index (Phi) is 8.36. The third-order valence-corrected chi connectivity index (χ3v) is 4.17. The maximum absolute atomic E-state index is 13.1. The summed E-state index contributed by atoms with van der Waals surface area (Å²) in [7, 11) is 4.10. The topological polar surface area (TPSA) is 126 Å². The van der Waals surface area contributed by atoms with Crippen LogP contribution in [0.15, 0.2) is 22.3 Å². The highest BCUT2D eigenvalue weighted by molar-refractivity contribution is 6.23. The molecule has 0 aromatic rings. The third kappa shape index (κ3) is 4.76. The second-order valence-corrected chi connectivity index (χ2v) is 5.72. The molecule has 0 aromatic carbocycles. The van der Waals surface area contributed by atoms with Crippen LogP contribution in [-0.2, 0) is 42.9 Å². The monoisotopic (exact) mass is 397 g/mol. The van der Waals surface area contributed by atoms with E-state index in [1.807, 2.05) is 0 Å². The summed E-state index contributed by atoms with van der Waals surface area (Å²) in [5.41, 5.74) is -2.10. The molecule has 28 heavy (non-hydrogen) atoms. The van der Waals surface area contributed by atoms with Crippen molar-refractivity contribution in [3.05, 3.63) is 22.3 Å². The highest BCUT2D eigenvalue weighted by atomic mass is 16.5. The predicted octanol–water partition coefficient (Wildman–Crippen LogP) is -0.0861. The van der Waals surface area contributed by atoms with Gasteiger partial charge in [-0.25, -0.2) is 19.2 Å². The molecule has 154 valence electrons. The van der Waals surface area contributed by atoms with Gasteiger partial charge in [-0.3, -0.25) is 4.79 Å². The molecule has 1 amide bonds. The van der Waals surface area contributed by atoms with Crippen LogP contribution in [0.25, 0.3) is 0 Å².